The summed E-state index contributed by atoms with van der Waals surface area (Å²) in [5, 5.41) is 8.67. The van der Waals surface area contributed by atoms with Crippen molar-refractivity contribution in [1.29, 1.82) is 0 Å². The van der Waals surface area contributed by atoms with E-state index in [1.165, 1.54) is 18.3 Å². The zero-order chi connectivity index (χ0) is 21.0. The number of rotatable bonds is 6. The van der Waals surface area contributed by atoms with Crippen molar-refractivity contribution < 1.29 is 22.7 Å². The van der Waals surface area contributed by atoms with E-state index in [-0.39, 0.29) is 29.1 Å². The molecule has 0 atom stereocenters. The molecule has 3 rings (SSSR count). The maximum Gasteiger partial charge on any atom is 0.422 e. The summed E-state index contributed by atoms with van der Waals surface area (Å²) in [4.78, 5) is 16.7. The molecule has 156 valence electrons. The molecule has 2 N–H and O–H groups in total. The van der Waals surface area contributed by atoms with Crippen LogP contribution in [0.15, 0.2) is 24.4 Å². The maximum absolute atomic E-state index is 12.7. The number of halogens is 4. The largest absolute Gasteiger partial charge is 0.468 e. The Morgan fingerprint density at radius 3 is 2.62 bits per heavy atom. The predicted molar refractivity (Wildman–Crippen MR) is 98.1 cm³/mol. The van der Waals surface area contributed by atoms with E-state index in [2.05, 4.69) is 15.2 Å². The summed E-state index contributed by atoms with van der Waals surface area (Å²) in [6, 6.07) is 4.62. The highest BCUT2D eigenvalue weighted by molar-refractivity contribution is 6.29. The quantitative estimate of drug-likeness (QED) is 0.428. The van der Waals surface area contributed by atoms with Crippen molar-refractivity contribution >= 4 is 17.5 Å². The number of nitrogens with two attached hydrogens (primary N) is 1. The topological polar surface area (TPSA) is 94.2 Å². The van der Waals surface area contributed by atoms with Crippen LogP contribution in [0.2, 0.25) is 5.15 Å². The number of hydrogen-bond donors (Lipinski definition) is 1. The van der Waals surface area contributed by atoms with Gasteiger partial charge in [-0.1, -0.05) is 24.4 Å². The lowest BCUT2D eigenvalue weighted by Crippen LogP contribution is -2.37. The lowest BCUT2D eigenvalue weighted by molar-refractivity contribution is -0.154. The molecule has 1 aliphatic carbocycles. The highest BCUT2D eigenvalue weighted by Gasteiger charge is 2.31. The highest BCUT2D eigenvalue weighted by atomic mass is 35.5. The first kappa shape index (κ1) is 21.3. The Morgan fingerprint density at radius 1 is 1.28 bits per heavy atom. The molecule has 2 aromatic rings. The standard InChI is InChI=1S/C18H19ClF3N5O2/c19-15-6-5-13(25-26-15)9-27(23)17(28)12-7-14(11-3-1-2-4-11)16(24-8-12)29-10-18(20,21)22/h5-8,11H,1-4,9-10,23H2. The fraction of sp³-hybridized carbons (Fsp3) is 0.444. The minimum Gasteiger partial charge on any atom is -0.468 e. The number of carbonyl (C=O) groups is 1. The van der Waals surface area contributed by atoms with Gasteiger partial charge in [0.15, 0.2) is 11.8 Å². The van der Waals surface area contributed by atoms with Crippen LogP contribution in [0, 0.1) is 0 Å². The number of hydrazine groups is 1. The second-order valence-electron chi connectivity index (χ2n) is 6.78. The van der Waals surface area contributed by atoms with Crippen LogP contribution in [-0.4, -0.2) is 38.9 Å². The second-order valence-corrected chi connectivity index (χ2v) is 7.17. The van der Waals surface area contributed by atoms with Crippen LogP contribution < -0.4 is 10.6 Å². The lowest BCUT2D eigenvalue weighted by Gasteiger charge is -2.19. The number of hydrogen-bond acceptors (Lipinski definition) is 6. The van der Waals surface area contributed by atoms with Gasteiger partial charge in [-0.2, -0.15) is 18.3 Å². The maximum atomic E-state index is 12.7. The molecule has 0 bridgehead atoms. The van der Waals surface area contributed by atoms with E-state index < -0.39 is 18.7 Å². The molecule has 0 aliphatic heterocycles. The van der Waals surface area contributed by atoms with Gasteiger partial charge < -0.3 is 4.74 Å². The number of pyridine rings is 1. The number of amides is 1. The Hall–Kier alpha value is -2.46. The summed E-state index contributed by atoms with van der Waals surface area (Å²) in [5.41, 5.74) is 1.09. The molecule has 0 unspecified atom stereocenters. The fourth-order valence-electron chi connectivity index (χ4n) is 3.23. The van der Waals surface area contributed by atoms with E-state index in [9.17, 15) is 18.0 Å². The van der Waals surface area contributed by atoms with Crippen molar-refractivity contribution in [2.24, 2.45) is 5.84 Å². The van der Waals surface area contributed by atoms with Gasteiger partial charge in [-0.25, -0.2) is 10.8 Å². The Kier molecular flexibility index (Phi) is 6.53. The van der Waals surface area contributed by atoms with Crippen molar-refractivity contribution in [2.75, 3.05) is 6.61 Å². The summed E-state index contributed by atoms with van der Waals surface area (Å²) < 4.78 is 42.5. The number of alkyl halides is 3. The Labute approximate surface area is 170 Å². The molecule has 0 radical (unpaired) electrons. The van der Waals surface area contributed by atoms with E-state index in [0.717, 1.165) is 30.7 Å². The van der Waals surface area contributed by atoms with Gasteiger partial charge in [0.05, 0.1) is 17.8 Å². The average molecular weight is 430 g/mol. The first-order valence-electron chi connectivity index (χ1n) is 8.97. The van der Waals surface area contributed by atoms with Gasteiger partial charge in [-0.05, 0) is 37.0 Å². The zero-order valence-corrected chi connectivity index (χ0v) is 16.1. The summed E-state index contributed by atoms with van der Waals surface area (Å²) in [7, 11) is 0. The van der Waals surface area contributed by atoms with Crippen LogP contribution in [0.5, 0.6) is 5.88 Å². The summed E-state index contributed by atoms with van der Waals surface area (Å²) in [6.45, 7) is -1.46. The van der Waals surface area contributed by atoms with Gasteiger partial charge in [0.25, 0.3) is 5.91 Å². The number of nitrogens with zero attached hydrogens (tertiary/aromatic N) is 4. The molecule has 7 nitrogen and oxygen atoms in total. The minimum absolute atomic E-state index is 0.00756. The molecule has 2 aromatic heterocycles. The van der Waals surface area contributed by atoms with Crippen LogP contribution in [0.1, 0.15) is 53.2 Å². The monoisotopic (exact) mass is 429 g/mol. The first-order chi connectivity index (χ1) is 13.7. The molecule has 0 saturated heterocycles. The van der Waals surface area contributed by atoms with Crippen molar-refractivity contribution in [3.8, 4) is 5.88 Å². The van der Waals surface area contributed by atoms with Crippen LogP contribution in [0.4, 0.5) is 13.2 Å². The third-order valence-electron chi connectivity index (χ3n) is 4.57. The normalized spacial score (nSPS) is 14.8. The molecule has 0 aromatic carbocycles. The first-order valence-corrected chi connectivity index (χ1v) is 9.35. The lowest BCUT2D eigenvalue weighted by atomic mass is 9.97. The van der Waals surface area contributed by atoms with Gasteiger partial charge >= 0.3 is 6.18 Å². The van der Waals surface area contributed by atoms with E-state index >= 15 is 0 Å². The third kappa shape index (κ3) is 5.77. The predicted octanol–water partition coefficient (Wildman–Crippen LogP) is 3.64. The van der Waals surface area contributed by atoms with Gasteiger partial charge in [-0.3, -0.25) is 9.80 Å². The molecular weight excluding hydrogens is 411 g/mol. The molecule has 1 fully saturated rings. The molecule has 11 heteroatoms. The van der Waals surface area contributed by atoms with Crippen molar-refractivity contribution in [1.82, 2.24) is 20.2 Å². The van der Waals surface area contributed by atoms with Crippen molar-refractivity contribution in [3.63, 3.8) is 0 Å². The number of aromatic nitrogens is 3. The van der Waals surface area contributed by atoms with E-state index in [0.29, 0.717) is 11.3 Å². The van der Waals surface area contributed by atoms with Crippen LogP contribution in [-0.2, 0) is 6.54 Å². The fourth-order valence-corrected chi connectivity index (χ4v) is 3.33. The Bertz CT molecular complexity index is 858. The molecule has 1 amide bonds. The average Bonchev–Trinajstić information content (AvgIpc) is 3.21. The SMILES string of the molecule is NN(Cc1ccc(Cl)nn1)C(=O)c1cnc(OCC(F)(F)F)c(C2CCCC2)c1. The second kappa shape index (κ2) is 8.91. The van der Waals surface area contributed by atoms with E-state index in [1.54, 1.807) is 6.07 Å². The summed E-state index contributed by atoms with van der Waals surface area (Å²) in [6.07, 6.45) is 0.207. The summed E-state index contributed by atoms with van der Waals surface area (Å²) in [5.74, 6) is 5.20. The van der Waals surface area contributed by atoms with E-state index in [1.807, 2.05) is 0 Å². The van der Waals surface area contributed by atoms with Gasteiger partial charge in [0, 0.05) is 11.8 Å². The molecule has 29 heavy (non-hydrogen) atoms. The van der Waals surface area contributed by atoms with Crippen molar-refractivity contribution in [3.05, 3.63) is 46.4 Å². The summed E-state index contributed by atoms with van der Waals surface area (Å²) >= 11 is 5.68. The third-order valence-corrected chi connectivity index (χ3v) is 4.78. The molecular formula is C18H19ClF3N5O2. The Balaban J connectivity index is 1.79. The van der Waals surface area contributed by atoms with Crippen LogP contribution in [0.3, 0.4) is 0 Å². The van der Waals surface area contributed by atoms with Crippen LogP contribution >= 0.6 is 11.6 Å². The molecule has 1 aliphatic rings. The van der Waals surface area contributed by atoms with E-state index in [4.69, 9.17) is 22.2 Å². The van der Waals surface area contributed by atoms with Crippen molar-refractivity contribution in [2.45, 2.75) is 44.3 Å². The smallest absolute Gasteiger partial charge is 0.422 e. The number of carbonyl (C=O) groups excluding carboxylic acids is 1. The molecule has 0 spiro atoms. The molecule has 1 saturated carbocycles. The minimum atomic E-state index is -4.48. The van der Waals surface area contributed by atoms with Gasteiger partial charge in [0.2, 0.25) is 5.88 Å². The number of ether oxygens (including phenoxy) is 1. The Morgan fingerprint density at radius 2 is 2.00 bits per heavy atom. The van der Waals surface area contributed by atoms with Gasteiger partial charge in [0.1, 0.15) is 0 Å². The highest BCUT2D eigenvalue weighted by Crippen LogP contribution is 2.38. The molecule has 2 heterocycles. The van der Waals surface area contributed by atoms with Gasteiger partial charge in [-0.15, -0.1) is 5.10 Å². The zero-order valence-electron chi connectivity index (χ0n) is 15.3. The van der Waals surface area contributed by atoms with Crippen LogP contribution in [0.25, 0.3) is 0 Å².